The molecule has 0 atom stereocenters. The number of carbonyl (C=O) groups excluding carboxylic acids is 1. The lowest BCUT2D eigenvalue weighted by Crippen LogP contribution is -2.49. The fraction of sp³-hybridized carbons (Fsp3) is 0.435. The fourth-order valence-corrected chi connectivity index (χ4v) is 3.71. The number of methoxy groups -OCH3 is 1. The van der Waals surface area contributed by atoms with Crippen LogP contribution in [0.4, 0.5) is 10.5 Å². The van der Waals surface area contributed by atoms with Gasteiger partial charge in [-0.3, -0.25) is 4.90 Å². The number of amides is 2. The van der Waals surface area contributed by atoms with Gasteiger partial charge in [-0.15, -0.1) is 0 Å². The maximum absolute atomic E-state index is 12.8. The lowest BCUT2D eigenvalue weighted by atomic mass is 9.98. The van der Waals surface area contributed by atoms with Crippen LogP contribution in [0, 0.1) is 6.92 Å². The van der Waals surface area contributed by atoms with Crippen LogP contribution in [0.3, 0.4) is 0 Å². The molecule has 0 spiro atoms. The predicted molar refractivity (Wildman–Crippen MR) is 114 cm³/mol. The molecule has 5 nitrogen and oxygen atoms in total. The second-order valence-corrected chi connectivity index (χ2v) is 7.70. The Labute approximate surface area is 168 Å². The first kappa shape index (κ1) is 20.2. The van der Waals surface area contributed by atoms with Gasteiger partial charge in [-0.2, -0.15) is 0 Å². The van der Waals surface area contributed by atoms with Gasteiger partial charge in [-0.1, -0.05) is 50.2 Å². The average Bonchev–Trinajstić information content (AvgIpc) is 2.70. The summed E-state index contributed by atoms with van der Waals surface area (Å²) in [6.07, 6.45) is 0. The zero-order valence-corrected chi connectivity index (χ0v) is 17.4. The molecule has 5 heteroatoms. The summed E-state index contributed by atoms with van der Waals surface area (Å²) in [7, 11) is 1.71. The van der Waals surface area contributed by atoms with Crippen LogP contribution in [0.15, 0.2) is 42.5 Å². The standard InChI is InChI=1S/C23H31N3O2/c1-17(2)20-10-7-8-18(3)22(20)24-23(27)26-14-12-25(13-15-26)16-19-9-5-6-11-21(19)28-4/h5-11,17H,12-16H2,1-4H3,(H,24,27). The molecule has 0 aromatic heterocycles. The van der Waals surface area contributed by atoms with Crippen LogP contribution < -0.4 is 10.1 Å². The van der Waals surface area contributed by atoms with Crippen LogP contribution in [-0.2, 0) is 6.54 Å². The second kappa shape index (κ2) is 9.11. The molecule has 3 rings (SSSR count). The maximum atomic E-state index is 12.8. The molecule has 1 N–H and O–H groups in total. The van der Waals surface area contributed by atoms with Crippen molar-refractivity contribution in [3.63, 3.8) is 0 Å². The van der Waals surface area contributed by atoms with Crippen LogP contribution in [0.5, 0.6) is 5.75 Å². The first-order valence-corrected chi connectivity index (χ1v) is 9.99. The van der Waals surface area contributed by atoms with E-state index in [0.29, 0.717) is 5.92 Å². The second-order valence-electron chi connectivity index (χ2n) is 7.70. The normalized spacial score (nSPS) is 15.0. The number of carbonyl (C=O) groups is 1. The topological polar surface area (TPSA) is 44.8 Å². The molecule has 0 unspecified atom stereocenters. The Morgan fingerprint density at radius 1 is 1.07 bits per heavy atom. The van der Waals surface area contributed by atoms with E-state index in [9.17, 15) is 4.79 Å². The molecule has 0 saturated carbocycles. The Bertz CT molecular complexity index is 811. The molecule has 0 bridgehead atoms. The molecule has 1 aliphatic rings. The Morgan fingerprint density at radius 2 is 1.79 bits per heavy atom. The van der Waals surface area contributed by atoms with Gasteiger partial charge in [-0.05, 0) is 30.0 Å². The third kappa shape index (κ3) is 4.65. The third-order valence-corrected chi connectivity index (χ3v) is 5.40. The van der Waals surface area contributed by atoms with Gasteiger partial charge in [0.2, 0.25) is 0 Å². The number of para-hydroxylation sites is 2. The zero-order chi connectivity index (χ0) is 20.1. The Morgan fingerprint density at radius 3 is 2.46 bits per heavy atom. The van der Waals surface area contributed by atoms with E-state index in [2.05, 4.69) is 42.3 Å². The molecule has 0 radical (unpaired) electrons. The SMILES string of the molecule is COc1ccccc1CN1CCN(C(=O)Nc2c(C)cccc2C(C)C)CC1. The van der Waals surface area contributed by atoms with E-state index in [1.54, 1.807) is 7.11 Å². The van der Waals surface area contributed by atoms with Gasteiger partial charge < -0.3 is 15.0 Å². The number of nitrogens with one attached hydrogen (secondary N) is 1. The zero-order valence-electron chi connectivity index (χ0n) is 17.4. The summed E-state index contributed by atoms with van der Waals surface area (Å²) in [6, 6.07) is 14.3. The van der Waals surface area contributed by atoms with Crippen molar-refractivity contribution < 1.29 is 9.53 Å². The lowest BCUT2D eigenvalue weighted by molar-refractivity contribution is 0.142. The van der Waals surface area contributed by atoms with Crippen LogP contribution in [0.2, 0.25) is 0 Å². The molecule has 2 amide bonds. The number of hydrogen-bond acceptors (Lipinski definition) is 3. The van der Waals surface area contributed by atoms with Gasteiger partial charge in [0.05, 0.1) is 7.11 Å². The van der Waals surface area contributed by atoms with E-state index in [1.165, 1.54) is 11.1 Å². The van der Waals surface area contributed by atoms with Crippen molar-refractivity contribution in [1.82, 2.24) is 9.80 Å². The average molecular weight is 382 g/mol. The van der Waals surface area contributed by atoms with E-state index in [4.69, 9.17) is 4.74 Å². The first-order valence-electron chi connectivity index (χ1n) is 9.99. The monoisotopic (exact) mass is 381 g/mol. The number of ether oxygens (including phenoxy) is 1. The fourth-order valence-electron chi connectivity index (χ4n) is 3.71. The molecular formula is C23H31N3O2. The molecule has 1 aliphatic heterocycles. The summed E-state index contributed by atoms with van der Waals surface area (Å²) < 4.78 is 5.45. The van der Waals surface area contributed by atoms with Crippen molar-refractivity contribution in [3.05, 3.63) is 59.2 Å². The first-order chi connectivity index (χ1) is 13.5. The van der Waals surface area contributed by atoms with Gasteiger partial charge in [0.25, 0.3) is 0 Å². The lowest BCUT2D eigenvalue weighted by Gasteiger charge is -2.35. The van der Waals surface area contributed by atoms with E-state index >= 15 is 0 Å². The largest absolute Gasteiger partial charge is 0.496 e. The minimum absolute atomic E-state index is 0.00635. The highest BCUT2D eigenvalue weighted by atomic mass is 16.5. The summed E-state index contributed by atoms with van der Waals surface area (Å²) in [6.45, 7) is 10.4. The quantitative estimate of drug-likeness (QED) is 0.831. The molecule has 2 aromatic carbocycles. The molecule has 0 aliphatic carbocycles. The van der Waals surface area contributed by atoms with Crippen molar-refractivity contribution in [2.75, 3.05) is 38.6 Å². The highest BCUT2D eigenvalue weighted by Gasteiger charge is 2.23. The molecule has 1 heterocycles. The maximum Gasteiger partial charge on any atom is 0.321 e. The van der Waals surface area contributed by atoms with Crippen molar-refractivity contribution >= 4 is 11.7 Å². The number of aryl methyl sites for hydroxylation is 1. The van der Waals surface area contributed by atoms with Gasteiger partial charge in [0.1, 0.15) is 5.75 Å². The van der Waals surface area contributed by atoms with Gasteiger partial charge in [-0.25, -0.2) is 4.79 Å². The summed E-state index contributed by atoms with van der Waals surface area (Å²) >= 11 is 0. The predicted octanol–water partition coefficient (Wildman–Crippen LogP) is 4.48. The third-order valence-electron chi connectivity index (χ3n) is 5.40. The molecule has 28 heavy (non-hydrogen) atoms. The number of hydrogen-bond donors (Lipinski definition) is 1. The number of urea groups is 1. The van der Waals surface area contributed by atoms with Crippen LogP contribution in [0.25, 0.3) is 0 Å². The van der Waals surface area contributed by atoms with E-state index in [1.807, 2.05) is 36.1 Å². The van der Waals surface area contributed by atoms with E-state index in [0.717, 1.165) is 49.7 Å². The van der Waals surface area contributed by atoms with Crippen molar-refractivity contribution in [2.24, 2.45) is 0 Å². The number of anilines is 1. The van der Waals surface area contributed by atoms with Gasteiger partial charge >= 0.3 is 6.03 Å². The molecular weight excluding hydrogens is 350 g/mol. The molecule has 1 fully saturated rings. The molecule has 2 aromatic rings. The Kier molecular flexibility index (Phi) is 6.57. The summed E-state index contributed by atoms with van der Waals surface area (Å²) in [5.41, 5.74) is 4.43. The van der Waals surface area contributed by atoms with Crippen molar-refractivity contribution in [1.29, 1.82) is 0 Å². The van der Waals surface area contributed by atoms with Gasteiger partial charge in [0, 0.05) is 44.0 Å². The highest BCUT2D eigenvalue weighted by Crippen LogP contribution is 2.28. The van der Waals surface area contributed by atoms with E-state index in [-0.39, 0.29) is 6.03 Å². The molecule has 1 saturated heterocycles. The highest BCUT2D eigenvalue weighted by molar-refractivity contribution is 5.91. The number of rotatable bonds is 5. The number of benzene rings is 2. The molecule has 150 valence electrons. The summed E-state index contributed by atoms with van der Waals surface area (Å²) in [4.78, 5) is 17.1. The van der Waals surface area contributed by atoms with Crippen molar-refractivity contribution in [3.8, 4) is 5.75 Å². The van der Waals surface area contributed by atoms with Crippen molar-refractivity contribution in [2.45, 2.75) is 33.2 Å². The van der Waals surface area contributed by atoms with Crippen LogP contribution in [-0.4, -0.2) is 49.1 Å². The Balaban J connectivity index is 1.59. The van der Waals surface area contributed by atoms with E-state index < -0.39 is 0 Å². The minimum Gasteiger partial charge on any atom is -0.496 e. The summed E-state index contributed by atoms with van der Waals surface area (Å²) in [5, 5.41) is 3.16. The minimum atomic E-state index is -0.00635. The number of piperazine rings is 1. The van der Waals surface area contributed by atoms with Crippen LogP contribution in [0.1, 0.15) is 36.5 Å². The smallest absolute Gasteiger partial charge is 0.321 e. The summed E-state index contributed by atoms with van der Waals surface area (Å²) in [5.74, 6) is 1.29. The number of nitrogens with zero attached hydrogens (tertiary/aromatic N) is 2. The van der Waals surface area contributed by atoms with Crippen LogP contribution >= 0.6 is 0 Å². The Hall–Kier alpha value is -2.53. The van der Waals surface area contributed by atoms with Gasteiger partial charge in [0.15, 0.2) is 0 Å².